The summed E-state index contributed by atoms with van der Waals surface area (Å²) in [6, 6.07) is 20.9. The van der Waals surface area contributed by atoms with Crippen LogP contribution in [0.15, 0.2) is 77.7 Å². The summed E-state index contributed by atoms with van der Waals surface area (Å²) >= 11 is 5.14. The van der Waals surface area contributed by atoms with Crippen LogP contribution in [0.3, 0.4) is 0 Å². The molecular weight excluding hydrogens is 510 g/mol. The Balaban J connectivity index is 1.41. The molecule has 0 bridgehead atoms. The highest BCUT2D eigenvalue weighted by Gasteiger charge is 2.15. The second kappa shape index (κ2) is 13.0. The molecule has 3 N–H and O–H groups in total. The van der Waals surface area contributed by atoms with E-state index in [2.05, 4.69) is 15.4 Å². The Morgan fingerprint density at radius 3 is 2.22 bits per heavy atom. The number of rotatable bonds is 10. The molecular formula is C27H29N3O5S2. The van der Waals surface area contributed by atoms with Crippen LogP contribution in [0, 0.1) is 13.8 Å². The Bertz CT molecular complexity index is 1360. The van der Waals surface area contributed by atoms with E-state index in [1.165, 1.54) is 24.3 Å². The summed E-state index contributed by atoms with van der Waals surface area (Å²) < 4.78 is 33.1. The summed E-state index contributed by atoms with van der Waals surface area (Å²) in [5, 5.41) is 5.35. The van der Waals surface area contributed by atoms with E-state index in [1.54, 1.807) is 12.1 Å². The Hall–Kier alpha value is -3.76. The van der Waals surface area contributed by atoms with Crippen LogP contribution in [0.5, 0.6) is 0 Å². The first-order chi connectivity index (χ1) is 17.6. The van der Waals surface area contributed by atoms with Crippen molar-refractivity contribution in [2.45, 2.75) is 38.0 Å². The fraction of sp³-hybridized carbons (Fsp3) is 0.222. The zero-order valence-electron chi connectivity index (χ0n) is 20.6. The van der Waals surface area contributed by atoms with Crippen LogP contribution in [0.4, 0.5) is 11.4 Å². The minimum Gasteiger partial charge on any atom is -0.465 e. The van der Waals surface area contributed by atoms with Crippen molar-refractivity contribution in [2.24, 2.45) is 0 Å². The van der Waals surface area contributed by atoms with Gasteiger partial charge in [0.05, 0.1) is 17.9 Å². The molecule has 0 aliphatic heterocycles. The fourth-order valence-electron chi connectivity index (χ4n) is 3.30. The van der Waals surface area contributed by atoms with Gasteiger partial charge in [-0.3, -0.25) is 14.3 Å². The van der Waals surface area contributed by atoms with Gasteiger partial charge < -0.3 is 15.4 Å². The van der Waals surface area contributed by atoms with Gasteiger partial charge in [0.25, 0.3) is 10.0 Å². The molecule has 3 aromatic carbocycles. The van der Waals surface area contributed by atoms with Gasteiger partial charge >= 0.3 is 5.97 Å². The van der Waals surface area contributed by atoms with Crippen molar-refractivity contribution in [1.82, 2.24) is 5.32 Å². The number of sulfonamides is 1. The number of benzene rings is 3. The van der Waals surface area contributed by atoms with Crippen molar-refractivity contribution in [3.8, 4) is 0 Å². The normalized spacial score (nSPS) is 10.9. The number of nitrogens with one attached hydrogen (secondary N) is 3. The highest BCUT2D eigenvalue weighted by Crippen LogP contribution is 2.20. The Morgan fingerprint density at radius 1 is 0.865 bits per heavy atom. The first-order valence-corrected chi connectivity index (χ1v) is 13.5. The van der Waals surface area contributed by atoms with Crippen molar-refractivity contribution in [2.75, 3.05) is 16.6 Å². The molecule has 0 spiro atoms. The third-order valence-electron chi connectivity index (χ3n) is 5.49. The quantitative estimate of drug-likeness (QED) is 0.257. The molecule has 3 aromatic rings. The maximum Gasteiger partial charge on any atom is 0.306 e. The van der Waals surface area contributed by atoms with E-state index in [0.29, 0.717) is 17.8 Å². The van der Waals surface area contributed by atoms with Gasteiger partial charge in [0.2, 0.25) is 5.91 Å². The first-order valence-electron chi connectivity index (χ1n) is 11.6. The third-order valence-corrected chi connectivity index (χ3v) is 7.09. The average molecular weight is 540 g/mol. The van der Waals surface area contributed by atoms with Crippen LogP contribution >= 0.6 is 12.2 Å². The molecule has 8 nitrogen and oxygen atoms in total. The molecule has 0 atom stereocenters. The number of hydrogen-bond acceptors (Lipinski definition) is 6. The van der Waals surface area contributed by atoms with Crippen LogP contribution < -0.4 is 15.4 Å². The van der Waals surface area contributed by atoms with E-state index in [0.717, 1.165) is 16.7 Å². The number of ether oxygens (including phenoxy) is 1. The van der Waals surface area contributed by atoms with E-state index < -0.39 is 21.9 Å². The number of carbonyl (C=O) groups is 2. The number of esters is 1. The van der Waals surface area contributed by atoms with Crippen molar-refractivity contribution in [3.05, 3.63) is 89.5 Å². The van der Waals surface area contributed by atoms with Crippen molar-refractivity contribution < 1.29 is 22.7 Å². The van der Waals surface area contributed by atoms with Gasteiger partial charge in [0, 0.05) is 24.2 Å². The summed E-state index contributed by atoms with van der Waals surface area (Å²) in [6.07, 6.45) is 0.463. The van der Waals surface area contributed by atoms with Crippen molar-refractivity contribution in [3.63, 3.8) is 0 Å². The monoisotopic (exact) mass is 539 g/mol. The highest BCUT2D eigenvalue weighted by atomic mass is 32.2. The van der Waals surface area contributed by atoms with Crippen molar-refractivity contribution in [1.29, 1.82) is 0 Å². The number of carbonyl (C=O) groups excluding carboxylic acids is 2. The summed E-state index contributed by atoms with van der Waals surface area (Å²) in [7, 11) is -3.77. The molecule has 0 saturated carbocycles. The molecule has 194 valence electrons. The van der Waals surface area contributed by atoms with Crippen LogP contribution in [-0.4, -0.2) is 32.0 Å². The van der Waals surface area contributed by atoms with Gasteiger partial charge in [-0.1, -0.05) is 36.4 Å². The Labute approximate surface area is 222 Å². The third kappa shape index (κ3) is 9.00. The number of anilines is 2. The number of thiocarbonyl (C=S) groups is 1. The first kappa shape index (κ1) is 27.8. The second-order valence-corrected chi connectivity index (χ2v) is 10.5. The van der Waals surface area contributed by atoms with Crippen LogP contribution in [-0.2, 0) is 30.8 Å². The molecule has 0 aliphatic rings. The van der Waals surface area contributed by atoms with E-state index in [4.69, 9.17) is 17.0 Å². The highest BCUT2D eigenvalue weighted by molar-refractivity contribution is 7.92. The molecule has 1 amide bonds. The zero-order valence-corrected chi connectivity index (χ0v) is 22.2. The molecule has 0 radical (unpaired) electrons. The van der Waals surface area contributed by atoms with Gasteiger partial charge in [-0.05, 0) is 79.2 Å². The van der Waals surface area contributed by atoms with Gasteiger partial charge in [-0.25, -0.2) is 8.42 Å². The van der Waals surface area contributed by atoms with Crippen molar-refractivity contribution >= 4 is 50.6 Å². The SMILES string of the molecule is Cc1ccc(NS(=O)(=O)c2ccc(NC(=S)NC(=O)CCC(=O)OCCc3ccccc3)cc2)cc1C. The van der Waals surface area contributed by atoms with E-state index in [1.807, 2.05) is 50.2 Å². The topological polar surface area (TPSA) is 114 Å². The van der Waals surface area contributed by atoms with Crippen LogP contribution in [0.25, 0.3) is 0 Å². The predicted octanol–water partition coefficient (Wildman–Crippen LogP) is 4.48. The average Bonchev–Trinajstić information content (AvgIpc) is 2.86. The number of hydrogen-bond donors (Lipinski definition) is 3. The number of amides is 1. The lowest BCUT2D eigenvalue weighted by Crippen LogP contribution is -2.34. The molecule has 0 unspecified atom stereocenters. The van der Waals surface area contributed by atoms with Crippen LogP contribution in [0.2, 0.25) is 0 Å². The van der Waals surface area contributed by atoms with E-state index >= 15 is 0 Å². The lowest BCUT2D eigenvalue weighted by atomic mass is 10.1. The second-order valence-electron chi connectivity index (χ2n) is 8.39. The number of aryl methyl sites for hydroxylation is 2. The Kier molecular flexibility index (Phi) is 9.76. The molecule has 0 aromatic heterocycles. The largest absolute Gasteiger partial charge is 0.465 e. The lowest BCUT2D eigenvalue weighted by Gasteiger charge is -2.12. The molecule has 0 aliphatic carbocycles. The van der Waals surface area contributed by atoms with E-state index in [-0.39, 0.29) is 29.5 Å². The smallest absolute Gasteiger partial charge is 0.306 e. The molecule has 0 heterocycles. The van der Waals surface area contributed by atoms with Gasteiger partial charge in [-0.15, -0.1) is 0 Å². The maximum absolute atomic E-state index is 12.7. The molecule has 3 rings (SSSR count). The molecule has 0 saturated heterocycles. The zero-order chi connectivity index (χ0) is 26.8. The fourth-order valence-corrected chi connectivity index (χ4v) is 4.58. The predicted molar refractivity (Wildman–Crippen MR) is 148 cm³/mol. The van der Waals surface area contributed by atoms with Crippen LogP contribution in [0.1, 0.15) is 29.5 Å². The summed E-state index contributed by atoms with van der Waals surface area (Å²) in [5.74, 6) is -0.898. The minimum absolute atomic E-state index is 0.0336. The van der Waals surface area contributed by atoms with Gasteiger partial charge in [-0.2, -0.15) is 0 Å². The Morgan fingerprint density at radius 2 is 1.54 bits per heavy atom. The molecule has 10 heteroatoms. The van der Waals surface area contributed by atoms with Gasteiger partial charge in [0.1, 0.15) is 0 Å². The standard InChI is InChI=1S/C27H29N3O5S2/c1-19-8-9-23(18-20(19)2)30-37(33,34)24-12-10-22(11-13-24)28-27(36)29-25(31)14-15-26(32)35-17-16-21-6-4-3-5-7-21/h3-13,18,30H,14-17H2,1-2H3,(H2,28,29,31,36). The summed E-state index contributed by atoms with van der Waals surface area (Å²) in [5.41, 5.74) is 4.09. The molecule has 0 fully saturated rings. The van der Waals surface area contributed by atoms with Gasteiger partial charge in [0.15, 0.2) is 5.11 Å². The lowest BCUT2D eigenvalue weighted by molar-refractivity contribution is -0.144. The minimum atomic E-state index is -3.77. The van der Waals surface area contributed by atoms with E-state index in [9.17, 15) is 18.0 Å². The summed E-state index contributed by atoms with van der Waals surface area (Å²) in [6.45, 7) is 4.11. The molecule has 37 heavy (non-hydrogen) atoms. The maximum atomic E-state index is 12.7. The summed E-state index contributed by atoms with van der Waals surface area (Å²) in [4.78, 5) is 24.1.